The lowest BCUT2D eigenvalue weighted by Crippen LogP contribution is -2.05. The number of hydrogen-bond donors (Lipinski definition) is 1. The van der Waals surface area contributed by atoms with E-state index >= 15 is 0 Å². The molecule has 0 saturated carbocycles. The van der Waals surface area contributed by atoms with Crippen molar-refractivity contribution in [2.75, 3.05) is 24.9 Å². The van der Waals surface area contributed by atoms with Gasteiger partial charge in [-0.2, -0.15) is 0 Å². The molecule has 0 aliphatic heterocycles. The van der Waals surface area contributed by atoms with Crippen LogP contribution in [0, 0.1) is 0 Å². The molecule has 0 bridgehead atoms. The predicted octanol–water partition coefficient (Wildman–Crippen LogP) is 3.36. The summed E-state index contributed by atoms with van der Waals surface area (Å²) in [6, 6.07) is 5.11. The van der Waals surface area contributed by atoms with Crippen molar-refractivity contribution in [1.82, 2.24) is 0 Å². The smallest absolute Gasteiger partial charge is 0.189 e. The fraction of sp³-hybridized carbons (Fsp3) is 0.333. The van der Waals surface area contributed by atoms with Gasteiger partial charge in [-0.25, -0.2) is 0 Å². The molecule has 3 nitrogen and oxygen atoms in total. The van der Waals surface area contributed by atoms with E-state index < -0.39 is 0 Å². The van der Waals surface area contributed by atoms with Gasteiger partial charge in [0.15, 0.2) is 6.79 Å². The summed E-state index contributed by atoms with van der Waals surface area (Å²) in [6.45, 7) is 0.855. The molecule has 0 unspecified atom stereocenters. The fourth-order valence-corrected chi connectivity index (χ4v) is 1.78. The zero-order valence-electron chi connectivity index (χ0n) is 7.91. The highest BCUT2D eigenvalue weighted by molar-refractivity contribution is 14.2. The normalized spacial score (nSPS) is 10.3. The van der Waals surface area contributed by atoms with Crippen molar-refractivity contribution < 1.29 is 9.47 Å². The van der Waals surface area contributed by atoms with E-state index in [0.29, 0.717) is 23.1 Å². The van der Waals surface area contributed by atoms with Crippen LogP contribution in [0.15, 0.2) is 18.2 Å². The highest BCUT2D eigenvalue weighted by Crippen LogP contribution is 2.26. The predicted molar refractivity (Wildman–Crippen MR) is 73.8 cm³/mol. The highest BCUT2D eigenvalue weighted by atomic mass is 127. The molecule has 15 heavy (non-hydrogen) atoms. The van der Waals surface area contributed by atoms with Crippen LogP contribution < -0.4 is 10.5 Å². The second-order valence-corrected chi connectivity index (χ2v) is 5.58. The molecule has 0 aromatic heterocycles. The molecule has 0 heterocycles. The van der Waals surface area contributed by atoms with Crippen LogP contribution in [-0.4, -0.2) is 19.2 Å². The number of hydrogen-bond acceptors (Lipinski definition) is 4. The lowest BCUT2D eigenvalue weighted by Gasteiger charge is -2.08. The lowest BCUT2D eigenvalue weighted by molar-refractivity contribution is 0.0240. The summed E-state index contributed by atoms with van der Waals surface area (Å²) in [5.74, 6) is 1.49. The quantitative estimate of drug-likeness (QED) is 0.366. The molecular weight excluding hydrogens is 349 g/mol. The summed E-state index contributed by atoms with van der Waals surface area (Å²) >= 11 is 8.11. The first kappa shape index (κ1) is 13.2. The minimum atomic E-state index is 0.195. The molecule has 1 aromatic carbocycles. The number of nitrogens with two attached hydrogens (primary N) is 1. The first-order valence-corrected chi connectivity index (χ1v) is 8.14. The Balaban J connectivity index is 2.33. The van der Waals surface area contributed by atoms with E-state index in [4.69, 9.17) is 26.8 Å². The van der Waals surface area contributed by atoms with Crippen LogP contribution >= 0.6 is 41.7 Å². The Kier molecular flexibility index (Phi) is 6.54. The Hall–Kier alpha value is 0.150. The van der Waals surface area contributed by atoms with E-state index in [-0.39, 0.29) is 6.79 Å². The standard InChI is InChI=1S/C9H11ClINO2S/c10-8-2-1-7(12)5-9(8)14-6-13-3-4-15-11/h1-2,5H,3-4,6,12H2. The number of rotatable bonds is 6. The van der Waals surface area contributed by atoms with Crippen LogP contribution in [-0.2, 0) is 4.74 Å². The summed E-state index contributed by atoms with van der Waals surface area (Å²) < 4.78 is 10.5. The Bertz CT molecular complexity index is 314. The highest BCUT2D eigenvalue weighted by Gasteiger charge is 2.01. The maximum absolute atomic E-state index is 5.89. The van der Waals surface area contributed by atoms with Gasteiger partial charge < -0.3 is 15.2 Å². The minimum absolute atomic E-state index is 0.195. The van der Waals surface area contributed by atoms with Crippen LogP contribution in [0.2, 0.25) is 5.02 Å². The summed E-state index contributed by atoms with van der Waals surface area (Å²) in [5.41, 5.74) is 6.22. The van der Waals surface area contributed by atoms with E-state index in [1.54, 1.807) is 27.1 Å². The molecule has 0 radical (unpaired) electrons. The molecule has 0 aliphatic carbocycles. The van der Waals surface area contributed by atoms with Gasteiger partial charge in [-0.1, -0.05) is 20.5 Å². The zero-order chi connectivity index (χ0) is 11.1. The van der Waals surface area contributed by atoms with Gasteiger partial charge in [-0.3, -0.25) is 0 Å². The van der Waals surface area contributed by atoms with Crippen LogP contribution in [0.5, 0.6) is 5.75 Å². The molecule has 0 aliphatic rings. The fourth-order valence-electron chi connectivity index (χ4n) is 0.885. The van der Waals surface area contributed by atoms with E-state index in [2.05, 4.69) is 21.2 Å². The third kappa shape index (κ3) is 5.14. The molecule has 1 aromatic rings. The maximum atomic E-state index is 5.89. The van der Waals surface area contributed by atoms with Gasteiger partial charge in [-0.15, -0.1) is 0 Å². The average Bonchev–Trinajstić information content (AvgIpc) is 2.23. The van der Waals surface area contributed by atoms with Crippen LogP contribution in [0.1, 0.15) is 0 Å². The Morgan fingerprint density at radius 3 is 3.00 bits per heavy atom. The number of benzene rings is 1. The van der Waals surface area contributed by atoms with Crippen molar-refractivity contribution in [3.8, 4) is 5.75 Å². The summed E-state index contributed by atoms with van der Waals surface area (Å²) in [5, 5.41) is 0.538. The second-order valence-electron chi connectivity index (χ2n) is 2.67. The van der Waals surface area contributed by atoms with Gasteiger partial charge in [0.05, 0.1) is 11.6 Å². The molecule has 84 valence electrons. The number of halogens is 2. The van der Waals surface area contributed by atoms with E-state index in [9.17, 15) is 0 Å². The van der Waals surface area contributed by atoms with Crippen molar-refractivity contribution in [1.29, 1.82) is 0 Å². The van der Waals surface area contributed by atoms with Crippen LogP contribution in [0.4, 0.5) is 5.69 Å². The Morgan fingerprint density at radius 1 is 1.47 bits per heavy atom. The van der Waals surface area contributed by atoms with Crippen molar-refractivity contribution in [2.24, 2.45) is 0 Å². The molecule has 0 atom stereocenters. The summed E-state index contributed by atoms with van der Waals surface area (Å²) in [4.78, 5) is 0. The topological polar surface area (TPSA) is 44.5 Å². The van der Waals surface area contributed by atoms with E-state index in [1.165, 1.54) is 0 Å². The molecule has 0 fully saturated rings. The zero-order valence-corrected chi connectivity index (χ0v) is 11.6. The third-order valence-electron chi connectivity index (χ3n) is 1.56. The Morgan fingerprint density at radius 2 is 2.27 bits per heavy atom. The molecule has 0 saturated heterocycles. The summed E-state index contributed by atoms with van der Waals surface area (Å²) in [7, 11) is 1.70. The van der Waals surface area contributed by atoms with Gasteiger partial charge >= 0.3 is 0 Å². The lowest BCUT2D eigenvalue weighted by atomic mass is 10.3. The molecule has 0 amide bonds. The number of ether oxygens (including phenoxy) is 2. The molecule has 0 spiro atoms. The monoisotopic (exact) mass is 359 g/mol. The number of anilines is 1. The maximum Gasteiger partial charge on any atom is 0.189 e. The third-order valence-corrected chi connectivity index (χ3v) is 3.51. The molecular formula is C9H11ClINO2S. The largest absolute Gasteiger partial charge is 0.466 e. The molecule has 2 N–H and O–H groups in total. The molecule has 6 heteroatoms. The first-order chi connectivity index (χ1) is 7.24. The van der Waals surface area contributed by atoms with Crippen molar-refractivity contribution in [2.45, 2.75) is 0 Å². The van der Waals surface area contributed by atoms with E-state index in [1.807, 2.05) is 0 Å². The summed E-state index contributed by atoms with van der Waals surface area (Å²) in [6.07, 6.45) is 0. The van der Waals surface area contributed by atoms with E-state index in [0.717, 1.165) is 5.75 Å². The van der Waals surface area contributed by atoms with Crippen LogP contribution in [0.25, 0.3) is 0 Å². The van der Waals surface area contributed by atoms with Gasteiger partial charge in [0.1, 0.15) is 5.75 Å². The second kappa shape index (κ2) is 7.43. The van der Waals surface area contributed by atoms with Gasteiger partial charge in [0.2, 0.25) is 0 Å². The Labute approximate surface area is 110 Å². The van der Waals surface area contributed by atoms with Gasteiger partial charge in [-0.05, 0) is 33.3 Å². The van der Waals surface area contributed by atoms with Crippen molar-refractivity contribution in [3.63, 3.8) is 0 Å². The minimum Gasteiger partial charge on any atom is -0.466 e. The van der Waals surface area contributed by atoms with Crippen molar-refractivity contribution in [3.05, 3.63) is 23.2 Å². The first-order valence-electron chi connectivity index (χ1n) is 4.23. The van der Waals surface area contributed by atoms with Crippen LogP contribution in [0.3, 0.4) is 0 Å². The SMILES string of the molecule is Nc1ccc(Cl)c(OCOCCSI)c1. The van der Waals surface area contributed by atoms with Gasteiger partial charge in [0.25, 0.3) is 0 Å². The van der Waals surface area contributed by atoms with Crippen molar-refractivity contribution >= 4 is 47.4 Å². The number of nitrogen functional groups attached to an aromatic ring is 1. The van der Waals surface area contributed by atoms with Gasteiger partial charge in [0, 0.05) is 17.5 Å². The average molecular weight is 360 g/mol. The molecule has 1 rings (SSSR count).